The molecule has 0 bridgehead atoms. The highest BCUT2D eigenvalue weighted by atomic mass is 79.9. The molecule has 1 aliphatic heterocycles. The molecule has 1 aromatic carbocycles. The molecule has 0 radical (unpaired) electrons. The normalized spacial score (nSPS) is 13.4. The summed E-state index contributed by atoms with van der Waals surface area (Å²) >= 11 is 3.36. The number of benzene rings is 1. The van der Waals surface area contributed by atoms with Gasteiger partial charge in [-0.1, -0.05) is 15.9 Å². The molecule has 0 amide bonds. The lowest BCUT2D eigenvalue weighted by Crippen LogP contribution is -2.17. The topological polar surface area (TPSA) is 61.5 Å². The first kappa shape index (κ1) is 12.0. The van der Waals surface area contributed by atoms with Crippen molar-refractivity contribution in [2.24, 2.45) is 0 Å². The molecule has 1 heterocycles. The molecule has 1 aromatic rings. The first-order chi connectivity index (χ1) is 8.11. The third-order valence-corrected chi connectivity index (χ3v) is 2.81. The van der Waals surface area contributed by atoms with Crippen LogP contribution >= 0.6 is 15.9 Å². The van der Waals surface area contributed by atoms with E-state index in [1.54, 1.807) is 19.1 Å². The van der Waals surface area contributed by atoms with E-state index in [0.29, 0.717) is 24.5 Å². The Kier molecular flexibility index (Phi) is 3.38. The van der Waals surface area contributed by atoms with Gasteiger partial charge < -0.3 is 15.2 Å². The van der Waals surface area contributed by atoms with Crippen LogP contribution in [0.2, 0.25) is 0 Å². The molecular formula is C12H12BrNO3. The van der Waals surface area contributed by atoms with Gasteiger partial charge in [0, 0.05) is 10.0 Å². The van der Waals surface area contributed by atoms with Gasteiger partial charge in [-0.3, -0.25) is 0 Å². The molecule has 1 aliphatic rings. The molecule has 0 fully saturated rings. The van der Waals surface area contributed by atoms with Gasteiger partial charge in [0.15, 0.2) is 5.75 Å². The lowest BCUT2D eigenvalue weighted by molar-refractivity contribution is -0.141. The summed E-state index contributed by atoms with van der Waals surface area (Å²) in [5, 5.41) is 0. The minimum Gasteiger partial charge on any atom is -0.460 e. The molecule has 0 atom stereocenters. The first-order valence-electron chi connectivity index (χ1n) is 5.25. The number of hydrogen-bond acceptors (Lipinski definition) is 4. The van der Waals surface area contributed by atoms with Crippen molar-refractivity contribution in [3.63, 3.8) is 0 Å². The van der Waals surface area contributed by atoms with Gasteiger partial charge in [-0.05, 0) is 31.6 Å². The molecule has 0 aliphatic carbocycles. The van der Waals surface area contributed by atoms with Crippen molar-refractivity contribution in [2.75, 3.05) is 12.3 Å². The van der Waals surface area contributed by atoms with Crippen LogP contribution in [0.15, 0.2) is 28.4 Å². The number of fused-ring (bicyclic) bond motifs is 1. The van der Waals surface area contributed by atoms with Crippen LogP contribution in [0.1, 0.15) is 12.5 Å². The molecule has 0 aromatic heterocycles. The summed E-state index contributed by atoms with van der Waals surface area (Å²) in [5.74, 6) is 0.285. The van der Waals surface area contributed by atoms with Crippen molar-refractivity contribution < 1.29 is 14.3 Å². The average molecular weight is 298 g/mol. The molecule has 0 spiro atoms. The van der Waals surface area contributed by atoms with E-state index in [4.69, 9.17) is 15.2 Å². The number of hydrogen-bond donors (Lipinski definition) is 1. The molecule has 90 valence electrons. The fourth-order valence-electron chi connectivity index (χ4n) is 1.63. The molecule has 2 N–H and O–H groups in total. The quantitative estimate of drug-likeness (QED) is 0.673. The molecule has 5 heteroatoms. The number of ether oxygens (including phenoxy) is 2. The Morgan fingerprint density at radius 2 is 2.35 bits per heavy atom. The van der Waals surface area contributed by atoms with Crippen LogP contribution in [0.5, 0.6) is 5.75 Å². The molecule has 4 nitrogen and oxygen atoms in total. The first-order valence-corrected chi connectivity index (χ1v) is 6.04. The maximum absolute atomic E-state index is 11.5. The second kappa shape index (κ2) is 4.79. The van der Waals surface area contributed by atoms with Crippen LogP contribution < -0.4 is 10.5 Å². The molecule has 2 rings (SSSR count). The van der Waals surface area contributed by atoms with E-state index in [1.807, 2.05) is 6.07 Å². The van der Waals surface area contributed by atoms with Gasteiger partial charge >= 0.3 is 5.97 Å². The second-order valence-electron chi connectivity index (χ2n) is 3.58. The summed E-state index contributed by atoms with van der Waals surface area (Å²) in [6.07, 6.45) is 2.30. The SMILES string of the molecule is CCOC(=O)C1=CCc2cc(Br)cc(N)c2O1. The minimum atomic E-state index is -0.458. The fraction of sp³-hybridized carbons (Fsp3) is 0.250. The number of esters is 1. The Bertz CT molecular complexity index is 497. The molecule has 0 saturated heterocycles. The number of halogens is 1. The fourth-order valence-corrected chi connectivity index (χ4v) is 2.15. The molecule has 0 saturated carbocycles. The largest absolute Gasteiger partial charge is 0.460 e. The predicted molar refractivity (Wildman–Crippen MR) is 67.6 cm³/mol. The number of rotatable bonds is 2. The lowest BCUT2D eigenvalue weighted by Gasteiger charge is -2.19. The standard InChI is InChI=1S/C12H12BrNO3/c1-2-16-12(15)10-4-3-7-5-8(13)6-9(14)11(7)17-10/h4-6H,2-3,14H2,1H3. The molecular weight excluding hydrogens is 286 g/mol. The Morgan fingerprint density at radius 1 is 1.59 bits per heavy atom. The Morgan fingerprint density at radius 3 is 3.06 bits per heavy atom. The summed E-state index contributed by atoms with van der Waals surface area (Å²) in [6.45, 7) is 2.07. The van der Waals surface area contributed by atoms with Crippen molar-refractivity contribution in [1.82, 2.24) is 0 Å². The predicted octanol–water partition coefficient (Wildman–Crippen LogP) is 2.41. The van der Waals surface area contributed by atoms with Gasteiger partial charge in [0.05, 0.1) is 12.3 Å². The zero-order valence-electron chi connectivity index (χ0n) is 9.33. The minimum absolute atomic E-state index is 0.202. The third kappa shape index (κ3) is 2.44. The van der Waals surface area contributed by atoms with Crippen molar-refractivity contribution in [1.29, 1.82) is 0 Å². The van der Waals surface area contributed by atoms with E-state index in [9.17, 15) is 4.79 Å². The summed E-state index contributed by atoms with van der Waals surface area (Å²) in [6, 6.07) is 3.66. The van der Waals surface area contributed by atoms with Crippen LogP contribution in [0.3, 0.4) is 0 Å². The monoisotopic (exact) mass is 297 g/mol. The van der Waals surface area contributed by atoms with Gasteiger partial charge in [-0.15, -0.1) is 0 Å². The van der Waals surface area contributed by atoms with E-state index in [-0.39, 0.29) is 5.76 Å². The second-order valence-corrected chi connectivity index (χ2v) is 4.49. The number of nitrogens with two attached hydrogens (primary N) is 1. The van der Waals surface area contributed by atoms with Crippen LogP contribution in [0, 0.1) is 0 Å². The highest BCUT2D eigenvalue weighted by molar-refractivity contribution is 9.10. The Hall–Kier alpha value is -1.49. The van der Waals surface area contributed by atoms with Crippen LogP contribution in [0.4, 0.5) is 5.69 Å². The maximum atomic E-state index is 11.5. The summed E-state index contributed by atoms with van der Waals surface area (Å²) in [4.78, 5) is 11.5. The van der Waals surface area contributed by atoms with Crippen LogP contribution in [-0.4, -0.2) is 12.6 Å². The van der Waals surface area contributed by atoms with Gasteiger partial charge in [0.1, 0.15) is 0 Å². The number of carbonyl (C=O) groups excluding carboxylic acids is 1. The van der Waals surface area contributed by atoms with Crippen molar-refractivity contribution in [3.05, 3.63) is 34.0 Å². The summed E-state index contributed by atoms with van der Waals surface area (Å²) in [5.41, 5.74) is 7.30. The number of nitrogen functional groups attached to an aromatic ring is 1. The van der Waals surface area contributed by atoms with Gasteiger partial charge in [-0.25, -0.2) is 4.79 Å². The van der Waals surface area contributed by atoms with Crippen molar-refractivity contribution in [3.8, 4) is 5.75 Å². The van der Waals surface area contributed by atoms with Gasteiger partial charge in [-0.2, -0.15) is 0 Å². The molecule has 17 heavy (non-hydrogen) atoms. The maximum Gasteiger partial charge on any atom is 0.373 e. The van der Waals surface area contributed by atoms with Gasteiger partial charge in [0.25, 0.3) is 0 Å². The van der Waals surface area contributed by atoms with Crippen molar-refractivity contribution >= 4 is 27.6 Å². The summed E-state index contributed by atoms with van der Waals surface area (Å²) in [7, 11) is 0. The zero-order chi connectivity index (χ0) is 12.4. The highest BCUT2D eigenvalue weighted by Gasteiger charge is 2.21. The Labute approximate surface area is 108 Å². The van der Waals surface area contributed by atoms with E-state index < -0.39 is 5.97 Å². The lowest BCUT2D eigenvalue weighted by atomic mass is 10.1. The molecule has 0 unspecified atom stereocenters. The van der Waals surface area contributed by atoms with Crippen LogP contribution in [0.25, 0.3) is 0 Å². The van der Waals surface area contributed by atoms with Crippen molar-refractivity contribution in [2.45, 2.75) is 13.3 Å². The number of carbonyl (C=O) groups is 1. The third-order valence-electron chi connectivity index (χ3n) is 2.36. The van der Waals surface area contributed by atoms with E-state index in [2.05, 4.69) is 15.9 Å². The smallest absolute Gasteiger partial charge is 0.373 e. The summed E-state index contributed by atoms with van der Waals surface area (Å²) < 4.78 is 11.2. The Balaban J connectivity index is 2.27. The van der Waals surface area contributed by atoms with Crippen LogP contribution in [-0.2, 0) is 16.0 Å². The van der Waals surface area contributed by atoms with E-state index in [1.165, 1.54) is 0 Å². The van der Waals surface area contributed by atoms with E-state index >= 15 is 0 Å². The van der Waals surface area contributed by atoms with E-state index in [0.717, 1.165) is 10.0 Å². The number of anilines is 1. The van der Waals surface area contributed by atoms with Gasteiger partial charge in [0.2, 0.25) is 5.76 Å². The zero-order valence-corrected chi connectivity index (χ0v) is 10.9. The highest BCUT2D eigenvalue weighted by Crippen LogP contribution is 2.35. The average Bonchev–Trinajstić information content (AvgIpc) is 2.28. The number of allylic oxidation sites excluding steroid dienone is 1.